The van der Waals surface area contributed by atoms with Crippen molar-refractivity contribution in [3.05, 3.63) is 90.5 Å². The van der Waals surface area contributed by atoms with Crippen LogP contribution in [0.15, 0.2) is 84.3 Å². The van der Waals surface area contributed by atoms with Gasteiger partial charge in [-0.3, -0.25) is 9.59 Å². The standard InChI is InChI=1S/C26H23F3N2O4S/c1-3-24(32)31-23-8-6-5-7-21(23)20-14-11-18(16-22(20)26(27,28)29)30-25(33)15-17-9-12-19(13-10-17)36(34,35)4-2/h3,5-14,16H,1,4,15H2,2H3,(H,30,33)(H,31,32). The van der Waals surface area contributed by atoms with Crippen molar-refractivity contribution in [3.63, 3.8) is 0 Å². The summed E-state index contributed by atoms with van der Waals surface area (Å²) in [5, 5.41) is 4.95. The van der Waals surface area contributed by atoms with Crippen LogP contribution in [0.4, 0.5) is 24.5 Å². The summed E-state index contributed by atoms with van der Waals surface area (Å²) in [5.41, 5.74) is -0.392. The molecule has 0 aliphatic rings. The number of hydrogen-bond acceptors (Lipinski definition) is 4. The Morgan fingerprint density at radius 1 is 0.944 bits per heavy atom. The van der Waals surface area contributed by atoms with E-state index in [1.165, 1.54) is 55.5 Å². The Labute approximate surface area is 206 Å². The van der Waals surface area contributed by atoms with Crippen LogP contribution in [0.5, 0.6) is 0 Å². The Kier molecular flexibility index (Phi) is 7.99. The van der Waals surface area contributed by atoms with Crippen molar-refractivity contribution >= 4 is 33.0 Å². The third-order valence-electron chi connectivity index (χ3n) is 5.30. The fraction of sp³-hybridized carbons (Fsp3) is 0.154. The van der Waals surface area contributed by atoms with Gasteiger partial charge in [0.25, 0.3) is 0 Å². The van der Waals surface area contributed by atoms with Crippen LogP contribution in [-0.4, -0.2) is 26.0 Å². The predicted molar refractivity (Wildman–Crippen MR) is 132 cm³/mol. The molecule has 0 spiro atoms. The number of alkyl halides is 3. The van der Waals surface area contributed by atoms with Crippen molar-refractivity contribution in [2.24, 2.45) is 0 Å². The Morgan fingerprint density at radius 2 is 1.61 bits per heavy atom. The van der Waals surface area contributed by atoms with Gasteiger partial charge in [-0.05, 0) is 47.5 Å². The highest BCUT2D eigenvalue weighted by molar-refractivity contribution is 7.91. The van der Waals surface area contributed by atoms with Crippen molar-refractivity contribution in [2.45, 2.75) is 24.4 Å². The second-order valence-electron chi connectivity index (χ2n) is 7.77. The lowest BCUT2D eigenvalue weighted by molar-refractivity contribution is -0.137. The van der Waals surface area contributed by atoms with Gasteiger partial charge in [0, 0.05) is 16.9 Å². The molecule has 3 aromatic carbocycles. The van der Waals surface area contributed by atoms with E-state index in [4.69, 9.17) is 0 Å². The van der Waals surface area contributed by atoms with Crippen LogP contribution in [0, 0.1) is 0 Å². The van der Waals surface area contributed by atoms with Gasteiger partial charge >= 0.3 is 6.18 Å². The van der Waals surface area contributed by atoms with Crippen molar-refractivity contribution in [1.82, 2.24) is 0 Å². The molecule has 3 aromatic rings. The summed E-state index contributed by atoms with van der Waals surface area (Å²) in [7, 11) is -3.38. The smallest absolute Gasteiger partial charge is 0.326 e. The summed E-state index contributed by atoms with van der Waals surface area (Å²) in [5.74, 6) is -1.20. The van der Waals surface area contributed by atoms with Crippen LogP contribution in [-0.2, 0) is 32.0 Å². The molecule has 0 radical (unpaired) electrons. The molecule has 0 saturated carbocycles. The van der Waals surface area contributed by atoms with Gasteiger partial charge in [-0.2, -0.15) is 13.2 Å². The molecule has 0 bridgehead atoms. The molecule has 0 fully saturated rings. The number of hydrogen-bond donors (Lipinski definition) is 2. The molecule has 0 aromatic heterocycles. The number of para-hydroxylation sites is 1. The van der Waals surface area contributed by atoms with Gasteiger partial charge in [0.15, 0.2) is 9.84 Å². The van der Waals surface area contributed by atoms with E-state index in [0.717, 1.165) is 12.1 Å². The fourth-order valence-corrected chi connectivity index (χ4v) is 4.36. The van der Waals surface area contributed by atoms with Gasteiger partial charge in [-0.25, -0.2) is 8.42 Å². The van der Waals surface area contributed by atoms with Crippen molar-refractivity contribution in [1.29, 1.82) is 0 Å². The minimum atomic E-state index is -4.74. The third-order valence-corrected chi connectivity index (χ3v) is 7.05. The van der Waals surface area contributed by atoms with Crippen LogP contribution in [0.1, 0.15) is 18.1 Å². The topological polar surface area (TPSA) is 92.3 Å². The molecule has 0 atom stereocenters. The SMILES string of the molecule is C=CC(=O)Nc1ccccc1-c1ccc(NC(=O)Cc2ccc(S(=O)(=O)CC)cc2)cc1C(F)(F)F. The lowest BCUT2D eigenvalue weighted by atomic mass is 9.97. The molecule has 0 aliphatic carbocycles. The van der Waals surface area contributed by atoms with Crippen molar-refractivity contribution < 1.29 is 31.2 Å². The van der Waals surface area contributed by atoms with E-state index in [2.05, 4.69) is 17.2 Å². The first-order valence-electron chi connectivity index (χ1n) is 10.8. The predicted octanol–water partition coefficient (Wildman–Crippen LogP) is 5.47. The summed E-state index contributed by atoms with van der Waals surface area (Å²) in [4.78, 5) is 24.3. The molecule has 0 saturated heterocycles. The highest BCUT2D eigenvalue weighted by atomic mass is 32.2. The van der Waals surface area contributed by atoms with Gasteiger partial charge in [0.2, 0.25) is 11.8 Å². The number of benzene rings is 3. The number of nitrogens with one attached hydrogen (secondary N) is 2. The monoisotopic (exact) mass is 516 g/mol. The van der Waals surface area contributed by atoms with Gasteiger partial charge in [0.1, 0.15) is 0 Å². The number of amides is 2. The number of halogens is 3. The maximum absolute atomic E-state index is 14.0. The summed E-state index contributed by atoms with van der Waals surface area (Å²) >= 11 is 0. The highest BCUT2D eigenvalue weighted by Crippen LogP contribution is 2.41. The average Bonchev–Trinajstić information content (AvgIpc) is 2.84. The minimum absolute atomic E-state index is 0.0601. The molecule has 0 aliphatic heterocycles. The van der Waals surface area contributed by atoms with Crippen LogP contribution in [0.3, 0.4) is 0 Å². The van der Waals surface area contributed by atoms with E-state index in [-0.39, 0.29) is 39.6 Å². The summed E-state index contributed by atoms with van der Waals surface area (Å²) in [6.45, 7) is 4.87. The van der Waals surface area contributed by atoms with Crippen molar-refractivity contribution in [3.8, 4) is 11.1 Å². The third kappa shape index (κ3) is 6.39. The second-order valence-corrected chi connectivity index (χ2v) is 10.0. The van der Waals surface area contributed by atoms with Crippen LogP contribution in [0.2, 0.25) is 0 Å². The van der Waals surface area contributed by atoms with E-state index in [9.17, 15) is 31.2 Å². The largest absolute Gasteiger partial charge is 0.417 e. The Hall–Kier alpha value is -3.92. The number of rotatable bonds is 8. The molecule has 0 heterocycles. The molecule has 2 amide bonds. The second kappa shape index (κ2) is 10.8. The van der Waals surface area contributed by atoms with E-state index in [1.54, 1.807) is 12.1 Å². The van der Waals surface area contributed by atoms with E-state index >= 15 is 0 Å². The number of carbonyl (C=O) groups excluding carboxylic acids is 2. The first-order valence-corrected chi connectivity index (χ1v) is 12.5. The van der Waals surface area contributed by atoms with Crippen LogP contribution >= 0.6 is 0 Å². The zero-order valence-electron chi connectivity index (χ0n) is 19.2. The Morgan fingerprint density at radius 3 is 2.22 bits per heavy atom. The van der Waals surface area contributed by atoms with E-state index in [0.29, 0.717) is 5.56 Å². The van der Waals surface area contributed by atoms with Gasteiger partial charge in [-0.1, -0.05) is 49.9 Å². The maximum atomic E-state index is 14.0. The first kappa shape index (κ1) is 26.7. The minimum Gasteiger partial charge on any atom is -0.326 e. The molecule has 188 valence electrons. The lowest BCUT2D eigenvalue weighted by Gasteiger charge is -2.18. The molecule has 10 heteroatoms. The van der Waals surface area contributed by atoms with Crippen molar-refractivity contribution in [2.75, 3.05) is 16.4 Å². The highest BCUT2D eigenvalue weighted by Gasteiger charge is 2.34. The van der Waals surface area contributed by atoms with Gasteiger partial charge in [-0.15, -0.1) is 0 Å². The molecular formula is C26H23F3N2O4S. The van der Waals surface area contributed by atoms with Gasteiger partial charge in [0.05, 0.1) is 22.6 Å². The number of sulfone groups is 1. The Balaban J connectivity index is 1.86. The van der Waals surface area contributed by atoms with Crippen LogP contribution < -0.4 is 10.6 Å². The van der Waals surface area contributed by atoms with Gasteiger partial charge < -0.3 is 10.6 Å². The molecule has 6 nitrogen and oxygen atoms in total. The fourth-order valence-electron chi connectivity index (χ4n) is 3.47. The molecular weight excluding hydrogens is 493 g/mol. The normalized spacial score (nSPS) is 11.6. The summed E-state index contributed by atoms with van der Waals surface area (Å²) in [6.07, 6.45) is -3.89. The van der Waals surface area contributed by atoms with E-state index < -0.39 is 33.4 Å². The average molecular weight is 517 g/mol. The zero-order valence-corrected chi connectivity index (χ0v) is 20.0. The molecule has 3 rings (SSSR count). The molecule has 2 N–H and O–H groups in total. The number of anilines is 2. The van der Waals surface area contributed by atoms with Crippen LogP contribution in [0.25, 0.3) is 11.1 Å². The molecule has 0 unspecified atom stereocenters. The number of carbonyl (C=O) groups is 2. The quantitative estimate of drug-likeness (QED) is 0.388. The summed E-state index contributed by atoms with van der Waals surface area (Å²) < 4.78 is 65.7. The zero-order chi connectivity index (χ0) is 26.5. The summed E-state index contributed by atoms with van der Waals surface area (Å²) in [6, 6.07) is 15.2. The Bertz CT molecular complexity index is 1400. The lowest BCUT2D eigenvalue weighted by Crippen LogP contribution is -2.16. The molecule has 36 heavy (non-hydrogen) atoms. The maximum Gasteiger partial charge on any atom is 0.417 e. The first-order chi connectivity index (χ1) is 16.9. The van der Waals surface area contributed by atoms with E-state index in [1.807, 2.05) is 0 Å².